The summed E-state index contributed by atoms with van der Waals surface area (Å²) in [6.07, 6.45) is 0. The lowest BCUT2D eigenvalue weighted by Gasteiger charge is -2.15. The molecule has 0 radical (unpaired) electrons. The fourth-order valence-corrected chi connectivity index (χ4v) is 0.731. The molecule has 0 aromatic rings. The van der Waals surface area contributed by atoms with E-state index in [4.69, 9.17) is 5.73 Å². The summed E-state index contributed by atoms with van der Waals surface area (Å²) < 4.78 is 0. The van der Waals surface area contributed by atoms with E-state index < -0.39 is 0 Å². The molecule has 0 bridgehead atoms. The van der Waals surface area contributed by atoms with E-state index in [9.17, 15) is 4.79 Å². The number of hydrogen-bond acceptors (Lipinski definition) is 3. The van der Waals surface area contributed by atoms with E-state index in [2.05, 4.69) is 17.1 Å². The third-order valence-corrected chi connectivity index (χ3v) is 1.91. The molecule has 0 aromatic heterocycles. The summed E-state index contributed by atoms with van der Waals surface area (Å²) in [6, 6.07) is -0.227. The zero-order chi connectivity index (χ0) is 9.56. The Hall–Kier alpha value is -0.610. The van der Waals surface area contributed by atoms with Crippen molar-refractivity contribution in [2.24, 2.45) is 5.73 Å². The van der Waals surface area contributed by atoms with Crippen LogP contribution in [0.5, 0.6) is 0 Å². The zero-order valence-electron chi connectivity index (χ0n) is 8.13. The van der Waals surface area contributed by atoms with Crippen molar-refractivity contribution in [2.45, 2.75) is 19.9 Å². The van der Waals surface area contributed by atoms with Crippen LogP contribution in [0.2, 0.25) is 0 Å². The Bertz CT molecular complexity index is 138. The van der Waals surface area contributed by atoms with Crippen molar-refractivity contribution in [1.82, 2.24) is 10.2 Å². The molecule has 0 fully saturated rings. The maximum atomic E-state index is 10.6. The van der Waals surface area contributed by atoms with Crippen LogP contribution < -0.4 is 11.1 Å². The lowest BCUT2D eigenvalue weighted by atomic mass is 10.3. The van der Waals surface area contributed by atoms with Crippen LogP contribution in [0.1, 0.15) is 13.8 Å². The van der Waals surface area contributed by atoms with Crippen LogP contribution in [0.25, 0.3) is 0 Å². The Labute approximate surface area is 74.1 Å². The number of hydrogen-bond donors (Lipinski definition) is 2. The first kappa shape index (κ1) is 11.4. The predicted octanol–water partition coefficient (Wildman–Crippen LogP) is -0.598. The van der Waals surface area contributed by atoms with E-state index in [-0.39, 0.29) is 11.9 Å². The molecule has 12 heavy (non-hydrogen) atoms. The number of carbonyl (C=O) groups is 1. The summed E-state index contributed by atoms with van der Waals surface area (Å²) in [6.45, 7) is 6.63. The lowest BCUT2D eigenvalue weighted by molar-refractivity contribution is -0.119. The molecule has 0 heterocycles. The van der Waals surface area contributed by atoms with Gasteiger partial charge in [-0.1, -0.05) is 6.92 Å². The second-order valence-electron chi connectivity index (χ2n) is 2.97. The highest BCUT2D eigenvalue weighted by Gasteiger charge is 2.06. The Kier molecular flexibility index (Phi) is 5.66. The molecule has 0 rings (SSSR count). The molecule has 1 amide bonds. The average molecular weight is 173 g/mol. The summed E-state index contributed by atoms with van der Waals surface area (Å²) in [4.78, 5) is 12.8. The van der Waals surface area contributed by atoms with Gasteiger partial charge in [-0.05, 0) is 20.5 Å². The second-order valence-corrected chi connectivity index (χ2v) is 2.97. The largest absolute Gasteiger partial charge is 0.368 e. The van der Waals surface area contributed by atoms with Gasteiger partial charge >= 0.3 is 0 Å². The van der Waals surface area contributed by atoms with Crippen LogP contribution in [0.15, 0.2) is 0 Å². The molecule has 0 aromatic carbocycles. The Morgan fingerprint density at radius 2 is 2.25 bits per heavy atom. The molecule has 4 heteroatoms. The first-order chi connectivity index (χ1) is 5.57. The number of nitrogens with two attached hydrogens (primary N) is 1. The van der Waals surface area contributed by atoms with Crippen molar-refractivity contribution in [2.75, 3.05) is 26.7 Å². The van der Waals surface area contributed by atoms with Gasteiger partial charge in [0.2, 0.25) is 5.91 Å². The van der Waals surface area contributed by atoms with Crippen LogP contribution >= 0.6 is 0 Å². The topological polar surface area (TPSA) is 58.4 Å². The van der Waals surface area contributed by atoms with Crippen molar-refractivity contribution in [3.8, 4) is 0 Å². The summed E-state index contributed by atoms with van der Waals surface area (Å²) in [5, 5.41) is 3.03. The van der Waals surface area contributed by atoms with Crippen LogP contribution in [0, 0.1) is 0 Å². The number of nitrogens with one attached hydrogen (secondary N) is 1. The molecule has 1 unspecified atom stereocenters. The number of likely N-dealkylation sites (N-methyl/N-ethyl adjacent to an activating group) is 1. The molecule has 4 nitrogen and oxygen atoms in total. The van der Waals surface area contributed by atoms with Crippen molar-refractivity contribution in [3.05, 3.63) is 0 Å². The van der Waals surface area contributed by atoms with Gasteiger partial charge in [-0.2, -0.15) is 0 Å². The monoisotopic (exact) mass is 173 g/mol. The van der Waals surface area contributed by atoms with Gasteiger partial charge in [-0.25, -0.2) is 0 Å². The first-order valence-corrected chi connectivity index (χ1v) is 4.29. The minimum Gasteiger partial charge on any atom is -0.368 e. The average Bonchev–Trinajstić information content (AvgIpc) is 2.03. The van der Waals surface area contributed by atoms with Gasteiger partial charge in [0.25, 0.3) is 0 Å². The molecule has 0 saturated carbocycles. The molecule has 0 saturated heterocycles. The van der Waals surface area contributed by atoms with E-state index in [0.29, 0.717) is 0 Å². The molecule has 0 spiro atoms. The SMILES string of the molecule is CCN(C)CCNC(C)C(N)=O. The van der Waals surface area contributed by atoms with E-state index in [1.807, 2.05) is 7.05 Å². The van der Waals surface area contributed by atoms with Gasteiger partial charge in [0, 0.05) is 13.1 Å². The molecule has 0 aliphatic carbocycles. The Morgan fingerprint density at radius 3 is 2.67 bits per heavy atom. The standard InChI is InChI=1S/C8H19N3O/c1-4-11(3)6-5-10-7(2)8(9)12/h7,10H,4-6H2,1-3H3,(H2,9,12). The number of primary amides is 1. The lowest BCUT2D eigenvalue weighted by Crippen LogP contribution is -2.41. The van der Waals surface area contributed by atoms with Gasteiger partial charge in [-0.3, -0.25) is 4.79 Å². The van der Waals surface area contributed by atoms with E-state index in [1.165, 1.54) is 0 Å². The maximum absolute atomic E-state index is 10.6. The minimum atomic E-state index is -0.297. The normalized spacial score (nSPS) is 13.3. The second kappa shape index (κ2) is 5.97. The van der Waals surface area contributed by atoms with Crippen molar-refractivity contribution in [3.63, 3.8) is 0 Å². The predicted molar refractivity (Wildman–Crippen MR) is 49.8 cm³/mol. The molecule has 0 aliphatic rings. The summed E-state index contributed by atoms with van der Waals surface area (Å²) in [5.41, 5.74) is 5.07. The van der Waals surface area contributed by atoms with Crippen molar-refractivity contribution < 1.29 is 4.79 Å². The third kappa shape index (κ3) is 5.09. The smallest absolute Gasteiger partial charge is 0.234 e. The molecular formula is C8H19N3O. The Morgan fingerprint density at radius 1 is 1.67 bits per heavy atom. The fraction of sp³-hybridized carbons (Fsp3) is 0.875. The minimum absolute atomic E-state index is 0.227. The molecule has 0 aliphatic heterocycles. The van der Waals surface area contributed by atoms with Gasteiger partial charge in [0.1, 0.15) is 0 Å². The third-order valence-electron chi connectivity index (χ3n) is 1.91. The van der Waals surface area contributed by atoms with E-state index in [1.54, 1.807) is 6.92 Å². The van der Waals surface area contributed by atoms with Crippen LogP contribution in [0.3, 0.4) is 0 Å². The van der Waals surface area contributed by atoms with Gasteiger partial charge in [-0.15, -0.1) is 0 Å². The highest BCUT2D eigenvalue weighted by atomic mass is 16.1. The molecule has 3 N–H and O–H groups in total. The van der Waals surface area contributed by atoms with Gasteiger partial charge in [0.05, 0.1) is 6.04 Å². The first-order valence-electron chi connectivity index (χ1n) is 4.29. The van der Waals surface area contributed by atoms with Crippen LogP contribution in [0.4, 0.5) is 0 Å². The number of amides is 1. The molecule has 1 atom stereocenters. The number of nitrogens with zero attached hydrogens (tertiary/aromatic N) is 1. The van der Waals surface area contributed by atoms with E-state index >= 15 is 0 Å². The fourth-order valence-electron chi connectivity index (χ4n) is 0.731. The van der Waals surface area contributed by atoms with Crippen LogP contribution in [-0.4, -0.2) is 43.5 Å². The zero-order valence-corrected chi connectivity index (χ0v) is 8.13. The highest BCUT2D eigenvalue weighted by Crippen LogP contribution is 1.81. The van der Waals surface area contributed by atoms with Gasteiger partial charge in [0.15, 0.2) is 0 Å². The quantitative estimate of drug-likeness (QED) is 0.564. The summed E-state index contributed by atoms with van der Waals surface area (Å²) in [7, 11) is 2.04. The van der Waals surface area contributed by atoms with E-state index in [0.717, 1.165) is 19.6 Å². The summed E-state index contributed by atoms with van der Waals surface area (Å²) in [5.74, 6) is -0.297. The molecule has 72 valence electrons. The van der Waals surface area contributed by atoms with Gasteiger partial charge < -0.3 is 16.0 Å². The number of carbonyl (C=O) groups excluding carboxylic acids is 1. The highest BCUT2D eigenvalue weighted by molar-refractivity contribution is 5.79. The van der Waals surface area contributed by atoms with Crippen LogP contribution in [-0.2, 0) is 4.79 Å². The number of rotatable bonds is 6. The maximum Gasteiger partial charge on any atom is 0.234 e. The molecular weight excluding hydrogens is 154 g/mol. The van der Waals surface area contributed by atoms with Crippen molar-refractivity contribution in [1.29, 1.82) is 0 Å². The Balaban J connectivity index is 3.37. The van der Waals surface area contributed by atoms with Crippen molar-refractivity contribution >= 4 is 5.91 Å². The summed E-state index contributed by atoms with van der Waals surface area (Å²) >= 11 is 0.